The molecule has 0 fully saturated rings. The van der Waals surface area contributed by atoms with E-state index in [2.05, 4.69) is 33.5 Å². The number of hydrazone groups is 1. The lowest BCUT2D eigenvalue weighted by Gasteiger charge is -2.06. The molecule has 0 atom stereocenters. The molecule has 0 saturated heterocycles. The van der Waals surface area contributed by atoms with Crippen molar-refractivity contribution < 1.29 is 4.74 Å². The Hall–Kier alpha value is -2.77. The molecule has 3 aromatic heterocycles. The van der Waals surface area contributed by atoms with Gasteiger partial charge in [0.1, 0.15) is 12.1 Å². The molecule has 26 heavy (non-hydrogen) atoms. The number of benzene rings is 1. The Morgan fingerprint density at radius 3 is 2.85 bits per heavy atom. The summed E-state index contributed by atoms with van der Waals surface area (Å²) in [6, 6.07) is 12.0. The molecule has 1 N–H and O–H groups in total. The van der Waals surface area contributed by atoms with E-state index in [1.165, 1.54) is 0 Å². The van der Waals surface area contributed by atoms with E-state index in [-0.39, 0.29) is 0 Å². The minimum Gasteiger partial charge on any atom is -0.496 e. The van der Waals surface area contributed by atoms with Crippen molar-refractivity contribution in [3.8, 4) is 16.2 Å². The predicted octanol–water partition coefficient (Wildman–Crippen LogP) is 5.18. The molecule has 0 radical (unpaired) electrons. The molecule has 130 valence electrons. The summed E-state index contributed by atoms with van der Waals surface area (Å²) in [5, 5.41) is 6.33. The van der Waals surface area contributed by atoms with Gasteiger partial charge in [-0.3, -0.25) is 5.43 Å². The normalized spacial score (nSPS) is 11.3. The number of nitrogens with one attached hydrogen (secondary N) is 1. The van der Waals surface area contributed by atoms with Gasteiger partial charge in [-0.1, -0.05) is 18.2 Å². The molecule has 0 aliphatic rings. The van der Waals surface area contributed by atoms with Crippen molar-refractivity contribution in [3.05, 3.63) is 58.5 Å². The Kier molecular flexibility index (Phi) is 4.64. The zero-order valence-corrected chi connectivity index (χ0v) is 15.9. The molecule has 0 bridgehead atoms. The molecule has 5 nitrogen and oxygen atoms in total. The Balaban J connectivity index is 1.75. The van der Waals surface area contributed by atoms with Gasteiger partial charge in [-0.05, 0) is 36.1 Å². The van der Waals surface area contributed by atoms with Gasteiger partial charge in [0.25, 0.3) is 0 Å². The van der Waals surface area contributed by atoms with Gasteiger partial charge in [0, 0.05) is 15.3 Å². The molecule has 0 aliphatic carbocycles. The third-order valence-corrected chi connectivity index (χ3v) is 6.09. The van der Waals surface area contributed by atoms with Crippen LogP contribution in [0.1, 0.15) is 10.4 Å². The third-order valence-electron chi connectivity index (χ3n) is 3.96. The summed E-state index contributed by atoms with van der Waals surface area (Å²) in [6.45, 7) is 2.08. The summed E-state index contributed by atoms with van der Waals surface area (Å²) in [5.74, 6) is 1.55. The minimum absolute atomic E-state index is 0.706. The van der Waals surface area contributed by atoms with Crippen molar-refractivity contribution in [3.63, 3.8) is 0 Å². The second kappa shape index (κ2) is 7.23. The predicted molar refractivity (Wildman–Crippen MR) is 110 cm³/mol. The Labute approximate surface area is 159 Å². The van der Waals surface area contributed by atoms with Crippen LogP contribution in [0.15, 0.2) is 53.2 Å². The number of fused-ring (bicyclic) bond motifs is 1. The topological polar surface area (TPSA) is 59.4 Å². The largest absolute Gasteiger partial charge is 0.496 e. The maximum atomic E-state index is 5.52. The average Bonchev–Trinajstić information content (AvgIpc) is 3.30. The lowest BCUT2D eigenvalue weighted by molar-refractivity contribution is 0.416. The van der Waals surface area contributed by atoms with Crippen molar-refractivity contribution in [2.45, 2.75) is 6.92 Å². The number of hydrogen-bond donors (Lipinski definition) is 1. The lowest BCUT2D eigenvalue weighted by Crippen LogP contribution is -1.94. The molecule has 4 aromatic rings. The molecule has 7 heteroatoms. The van der Waals surface area contributed by atoms with Gasteiger partial charge in [0.15, 0.2) is 5.82 Å². The summed E-state index contributed by atoms with van der Waals surface area (Å²) in [6.07, 6.45) is 3.36. The summed E-state index contributed by atoms with van der Waals surface area (Å²) in [7, 11) is 1.69. The highest BCUT2D eigenvalue weighted by atomic mass is 32.1. The van der Waals surface area contributed by atoms with E-state index in [1.807, 2.05) is 35.7 Å². The number of para-hydroxylation sites is 1. The third kappa shape index (κ3) is 3.07. The molecule has 1 aromatic carbocycles. The van der Waals surface area contributed by atoms with Crippen LogP contribution in [0.2, 0.25) is 0 Å². The van der Waals surface area contributed by atoms with Crippen LogP contribution in [-0.2, 0) is 0 Å². The van der Waals surface area contributed by atoms with Crippen molar-refractivity contribution in [2.75, 3.05) is 12.5 Å². The standard InChI is InChI=1S/C19H16N4OS2/c1-12-16-18(26-17(12)14-7-3-4-8-15(14)24-2)19(21-11-20-16)23-22-10-13-6-5-9-25-13/h3-11H,1-2H3,(H,20,21,23)/b22-10+. The van der Waals surface area contributed by atoms with Crippen LogP contribution in [0.4, 0.5) is 5.82 Å². The zero-order valence-electron chi connectivity index (χ0n) is 14.3. The highest BCUT2D eigenvalue weighted by Crippen LogP contribution is 2.42. The van der Waals surface area contributed by atoms with Crippen molar-refractivity contribution in [1.82, 2.24) is 9.97 Å². The van der Waals surface area contributed by atoms with Crippen molar-refractivity contribution in [2.24, 2.45) is 5.10 Å². The van der Waals surface area contributed by atoms with Gasteiger partial charge in [-0.25, -0.2) is 9.97 Å². The van der Waals surface area contributed by atoms with E-state index in [4.69, 9.17) is 4.74 Å². The highest BCUT2D eigenvalue weighted by Gasteiger charge is 2.17. The summed E-state index contributed by atoms with van der Waals surface area (Å²) in [5.41, 5.74) is 6.15. The van der Waals surface area contributed by atoms with Crippen molar-refractivity contribution >= 4 is 44.9 Å². The first-order valence-electron chi connectivity index (χ1n) is 7.98. The monoisotopic (exact) mass is 380 g/mol. The van der Waals surface area contributed by atoms with Gasteiger partial charge in [-0.2, -0.15) is 5.10 Å². The van der Waals surface area contributed by atoms with E-state index >= 15 is 0 Å². The minimum atomic E-state index is 0.706. The summed E-state index contributed by atoms with van der Waals surface area (Å²) >= 11 is 3.28. The van der Waals surface area contributed by atoms with Gasteiger partial charge in [0.2, 0.25) is 0 Å². The second-order valence-electron chi connectivity index (χ2n) is 5.54. The number of anilines is 1. The number of hydrogen-bond acceptors (Lipinski definition) is 7. The van der Waals surface area contributed by atoms with E-state index < -0.39 is 0 Å². The fraction of sp³-hybridized carbons (Fsp3) is 0.105. The van der Waals surface area contributed by atoms with Crippen LogP contribution in [0, 0.1) is 6.92 Å². The number of ether oxygens (including phenoxy) is 1. The Bertz CT molecular complexity index is 1070. The fourth-order valence-corrected chi connectivity index (χ4v) is 4.53. The van der Waals surface area contributed by atoms with Gasteiger partial charge < -0.3 is 4.74 Å². The lowest BCUT2D eigenvalue weighted by atomic mass is 10.1. The first kappa shape index (κ1) is 16.7. The van der Waals surface area contributed by atoms with Crippen LogP contribution >= 0.6 is 22.7 Å². The molecule has 0 aliphatic heterocycles. The van der Waals surface area contributed by atoms with E-state index in [0.29, 0.717) is 5.82 Å². The molecule has 0 unspecified atom stereocenters. The summed E-state index contributed by atoms with van der Waals surface area (Å²) < 4.78 is 6.50. The van der Waals surface area contributed by atoms with Gasteiger partial charge in [0.05, 0.1) is 23.5 Å². The molecular formula is C19H16N4OS2. The zero-order chi connectivity index (χ0) is 17.9. The maximum Gasteiger partial charge on any atom is 0.167 e. The van der Waals surface area contributed by atoms with Crippen molar-refractivity contribution in [1.29, 1.82) is 0 Å². The van der Waals surface area contributed by atoms with Crippen LogP contribution < -0.4 is 10.2 Å². The number of nitrogens with zero attached hydrogens (tertiary/aromatic N) is 3. The smallest absolute Gasteiger partial charge is 0.167 e. The molecular weight excluding hydrogens is 364 g/mol. The van der Waals surface area contributed by atoms with Crippen LogP contribution in [-0.4, -0.2) is 23.3 Å². The maximum absolute atomic E-state index is 5.52. The first-order chi connectivity index (χ1) is 12.8. The Morgan fingerprint density at radius 2 is 2.04 bits per heavy atom. The number of aryl methyl sites for hydroxylation is 1. The number of aromatic nitrogens is 2. The first-order valence-corrected chi connectivity index (χ1v) is 9.67. The van der Waals surface area contributed by atoms with Gasteiger partial charge >= 0.3 is 0 Å². The quantitative estimate of drug-likeness (QED) is 0.383. The van der Waals surface area contributed by atoms with Crippen LogP contribution in [0.3, 0.4) is 0 Å². The number of rotatable bonds is 5. The molecule has 0 saturated carbocycles. The number of methoxy groups -OCH3 is 1. The van der Waals surface area contributed by atoms with E-state index in [1.54, 1.807) is 42.3 Å². The molecule has 3 heterocycles. The SMILES string of the molecule is COc1ccccc1-c1sc2c(N/N=C/c3cccs3)ncnc2c1C. The second-order valence-corrected chi connectivity index (χ2v) is 7.54. The van der Waals surface area contributed by atoms with Crippen LogP contribution in [0.5, 0.6) is 5.75 Å². The molecule has 0 spiro atoms. The fourth-order valence-electron chi connectivity index (χ4n) is 2.71. The summed E-state index contributed by atoms with van der Waals surface area (Å²) in [4.78, 5) is 11.0. The van der Waals surface area contributed by atoms with Crippen LogP contribution in [0.25, 0.3) is 20.7 Å². The molecule has 0 amide bonds. The Morgan fingerprint density at radius 1 is 1.15 bits per heavy atom. The van der Waals surface area contributed by atoms with Gasteiger partial charge in [-0.15, -0.1) is 22.7 Å². The number of thiophene rings is 2. The average molecular weight is 380 g/mol. The highest BCUT2D eigenvalue weighted by molar-refractivity contribution is 7.23. The van der Waals surface area contributed by atoms with E-state index in [0.717, 1.165) is 36.8 Å². The van der Waals surface area contributed by atoms with E-state index in [9.17, 15) is 0 Å². The molecule has 4 rings (SSSR count).